The van der Waals surface area contributed by atoms with Crippen molar-refractivity contribution >= 4 is 0 Å². The first kappa shape index (κ1) is 9.66. The van der Waals surface area contributed by atoms with Crippen LogP contribution in [-0.4, -0.2) is 19.6 Å². The zero-order valence-corrected chi connectivity index (χ0v) is 6.98. The van der Waals surface area contributed by atoms with Crippen LogP contribution in [0.3, 0.4) is 0 Å². The Bertz CT molecular complexity index is 99.4. The normalized spacial score (nSPS) is 13.1. The van der Waals surface area contributed by atoms with Crippen LogP contribution in [0.5, 0.6) is 0 Å². The predicted octanol–water partition coefficient (Wildman–Crippen LogP) is 0.889. The van der Waals surface area contributed by atoms with Crippen LogP contribution in [0.25, 0.3) is 0 Å². The number of hydrogen-bond acceptors (Lipinski definition) is 2. The molecule has 0 bridgehead atoms. The Kier molecular flexibility index (Phi) is 5.26. The molecule has 0 amide bonds. The molecule has 0 aromatic rings. The Morgan fingerprint density at radius 1 is 1.70 bits per heavy atom. The van der Waals surface area contributed by atoms with Crippen LogP contribution >= 0.6 is 0 Å². The largest absolute Gasteiger partial charge is 0.324 e. The lowest BCUT2D eigenvalue weighted by atomic mass is 10.1. The van der Waals surface area contributed by atoms with Crippen molar-refractivity contribution in [1.82, 2.24) is 5.32 Å². The van der Waals surface area contributed by atoms with Crippen LogP contribution in [0, 0.1) is 0 Å². The van der Waals surface area contributed by atoms with Gasteiger partial charge in [-0.15, -0.1) is 0 Å². The molecule has 10 heavy (non-hydrogen) atoms. The summed E-state index contributed by atoms with van der Waals surface area (Å²) >= 11 is 0. The number of nitrogens with two attached hydrogens (primary N) is 1. The molecular formula is C8H18N2. The molecule has 0 fully saturated rings. The van der Waals surface area contributed by atoms with Gasteiger partial charge in [-0.05, 0) is 33.4 Å². The smallest absolute Gasteiger partial charge is 0.0248 e. The molecule has 60 valence electrons. The summed E-state index contributed by atoms with van der Waals surface area (Å²) in [7, 11) is 1.95. The lowest BCUT2D eigenvalue weighted by Crippen LogP contribution is -2.22. The maximum absolute atomic E-state index is 5.73. The molecule has 2 nitrogen and oxygen atoms in total. The second-order valence-electron chi connectivity index (χ2n) is 2.70. The molecule has 1 unspecified atom stereocenters. The van der Waals surface area contributed by atoms with Crippen molar-refractivity contribution < 1.29 is 0 Å². The van der Waals surface area contributed by atoms with Crippen molar-refractivity contribution in [3.63, 3.8) is 0 Å². The van der Waals surface area contributed by atoms with Gasteiger partial charge in [-0.3, -0.25) is 0 Å². The van der Waals surface area contributed by atoms with E-state index >= 15 is 0 Å². The van der Waals surface area contributed by atoms with Gasteiger partial charge in [0.1, 0.15) is 0 Å². The van der Waals surface area contributed by atoms with Gasteiger partial charge in [0.05, 0.1) is 0 Å². The lowest BCUT2D eigenvalue weighted by Gasteiger charge is -2.09. The summed E-state index contributed by atoms with van der Waals surface area (Å²) in [5.74, 6) is 0. The topological polar surface area (TPSA) is 38.0 Å². The zero-order chi connectivity index (χ0) is 7.98. The first-order valence-corrected chi connectivity index (χ1v) is 3.74. The summed E-state index contributed by atoms with van der Waals surface area (Å²) < 4.78 is 0. The maximum Gasteiger partial charge on any atom is 0.0248 e. The second kappa shape index (κ2) is 5.45. The first-order valence-electron chi connectivity index (χ1n) is 3.74. The van der Waals surface area contributed by atoms with Gasteiger partial charge < -0.3 is 11.1 Å². The standard InChI is InChI=1S/C8H18N2/c1-7(2)8(9)5-4-6-10-3/h8,10H,1,4-6,9H2,2-3H3. The molecule has 0 spiro atoms. The van der Waals surface area contributed by atoms with E-state index in [1.165, 1.54) is 0 Å². The predicted molar refractivity (Wildman–Crippen MR) is 46.0 cm³/mol. The van der Waals surface area contributed by atoms with Gasteiger partial charge in [0.2, 0.25) is 0 Å². The monoisotopic (exact) mass is 142 g/mol. The van der Waals surface area contributed by atoms with E-state index in [4.69, 9.17) is 5.73 Å². The molecule has 0 rings (SSSR count). The van der Waals surface area contributed by atoms with E-state index in [0.29, 0.717) is 0 Å². The van der Waals surface area contributed by atoms with Gasteiger partial charge in [0.15, 0.2) is 0 Å². The van der Waals surface area contributed by atoms with E-state index in [-0.39, 0.29) is 6.04 Å². The Morgan fingerprint density at radius 2 is 2.30 bits per heavy atom. The Balaban J connectivity index is 3.21. The minimum absolute atomic E-state index is 0.188. The third-order valence-corrected chi connectivity index (χ3v) is 1.57. The van der Waals surface area contributed by atoms with Crippen LogP contribution in [0.1, 0.15) is 19.8 Å². The maximum atomic E-state index is 5.73. The van der Waals surface area contributed by atoms with E-state index in [1.54, 1.807) is 0 Å². The molecule has 0 saturated heterocycles. The van der Waals surface area contributed by atoms with Crippen LogP contribution in [0.15, 0.2) is 12.2 Å². The van der Waals surface area contributed by atoms with Gasteiger partial charge in [-0.1, -0.05) is 12.2 Å². The fourth-order valence-corrected chi connectivity index (χ4v) is 0.745. The van der Waals surface area contributed by atoms with Crippen molar-refractivity contribution in [3.05, 3.63) is 12.2 Å². The Hall–Kier alpha value is -0.340. The Labute approximate surface area is 63.5 Å². The number of hydrogen-bond donors (Lipinski definition) is 2. The average Bonchev–Trinajstić information content (AvgIpc) is 1.88. The molecule has 0 aliphatic carbocycles. The third kappa shape index (κ3) is 4.53. The highest BCUT2D eigenvalue weighted by Crippen LogP contribution is 2.01. The lowest BCUT2D eigenvalue weighted by molar-refractivity contribution is 0.617. The number of nitrogens with one attached hydrogen (secondary N) is 1. The SMILES string of the molecule is C=C(C)C(N)CCCNC. The summed E-state index contributed by atoms with van der Waals surface area (Å²) in [4.78, 5) is 0. The van der Waals surface area contributed by atoms with Crippen LogP contribution < -0.4 is 11.1 Å². The summed E-state index contributed by atoms with van der Waals surface area (Å²) in [5, 5.41) is 3.08. The van der Waals surface area contributed by atoms with Crippen molar-refractivity contribution in [2.75, 3.05) is 13.6 Å². The molecule has 0 aliphatic rings. The average molecular weight is 142 g/mol. The van der Waals surface area contributed by atoms with E-state index < -0.39 is 0 Å². The minimum Gasteiger partial charge on any atom is -0.324 e. The molecule has 0 heterocycles. The molecule has 2 heteroatoms. The molecule has 0 aromatic carbocycles. The van der Waals surface area contributed by atoms with Crippen LogP contribution in [-0.2, 0) is 0 Å². The van der Waals surface area contributed by atoms with Gasteiger partial charge in [-0.25, -0.2) is 0 Å². The minimum atomic E-state index is 0.188. The Morgan fingerprint density at radius 3 is 2.70 bits per heavy atom. The molecule has 3 N–H and O–H groups in total. The highest BCUT2D eigenvalue weighted by molar-refractivity contribution is 4.99. The number of rotatable bonds is 5. The second-order valence-corrected chi connectivity index (χ2v) is 2.70. The van der Waals surface area contributed by atoms with Gasteiger partial charge >= 0.3 is 0 Å². The van der Waals surface area contributed by atoms with Crippen molar-refractivity contribution in [1.29, 1.82) is 0 Å². The molecule has 1 atom stereocenters. The molecule has 0 aromatic heterocycles. The van der Waals surface area contributed by atoms with E-state index in [2.05, 4.69) is 11.9 Å². The highest BCUT2D eigenvalue weighted by atomic mass is 14.8. The van der Waals surface area contributed by atoms with Gasteiger partial charge in [0.25, 0.3) is 0 Å². The van der Waals surface area contributed by atoms with E-state index in [0.717, 1.165) is 25.0 Å². The molecule has 0 saturated carbocycles. The highest BCUT2D eigenvalue weighted by Gasteiger charge is 2.00. The fraction of sp³-hybridized carbons (Fsp3) is 0.750. The van der Waals surface area contributed by atoms with Gasteiger partial charge in [0, 0.05) is 6.04 Å². The van der Waals surface area contributed by atoms with Crippen molar-refractivity contribution in [2.45, 2.75) is 25.8 Å². The molecule has 0 radical (unpaired) electrons. The molecular weight excluding hydrogens is 124 g/mol. The summed E-state index contributed by atoms with van der Waals surface area (Å²) in [6, 6.07) is 0.188. The summed E-state index contributed by atoms with van der Waals surface area (Å²) in [6.45, 7) is 6.81. The van der Waals surface area contributed by atoms with E-state index in [9.17, 15) is 0 Å². The fourth-order valence-electron chi connectivity index (χ4n) is 0.745. The van der Waals surface area contributed by atoms with Crippen LogP contribution in [0.2, 0.25) is 0 Å². The van der Waals surface area contributed by atoms with E-state index in [1.807, 2.05) is 14.0 Å². The molecule has 0 aliphatic heterocycles. The van der Waals surface area contributed by atoms with Crippen LogP contribution in [0.4, 0.5) is 0 Å². The van der Waals surface area contributed by atoms with Gasteiger partial charge in [-0.2, -0.15) is 0 Å². The quantitative estimate of drug-likeness (QED) is 0.442. The zero-order valence-electron chi connectivity index (χ0n) is 6.98. The van der Waals surface area contributed by atoms with Crippen molar-refractivity contribution in [3.8, 4) is 0 Å². The first-order chi connectivity index (χ1) is 4.68. The summed E-state index contributed by atoms with van der Waals surface area (Å²) in [5.41, 5.74) is 6.81. The van der Waals surface area contributed by atoms with Crippen molar-refractivity contribution in [2.24, 2.45) is 5.73 Å². The third-order valence-electron chi connectivity index (χ3n) is 1.57. The summed E-state index contributed by atoms with van der Waals surface area (Å²) in [6.07, 6.45) is 2.17.